The van der Waals surface area contributed by atoms with Gasteiger partial charge in [-0.25, -0.2) is 0 Å². The monoisotopic (exact) mass is 369 g/mol. The van der Waals surface area contributed by atoms with Crippen molar-refractivity contribution < 1.29 is 14.4 Å². The van der Waals surface area contributed by atoms with Crippen LogP contribution < -0.4 is 10.2 Å². The van der Waals surface area contributed by atoms with E-state index in [1.807, 2.05) is 6.07 Å². The highest BCUT2D eigenvalue weighted by Gasteiger charge is 2.42. The minimum absolute atomic E-state index is 0.0311. The molecule has 27 heavy (non-hydrogen) atoms. The van der Waals surface area contributed by atoms with E-state index in [4.69, 9.17) is 0 Å². The van der Waals surface area contributed by atoms with Gasteiger partial charge >= 0.3 is 0 Å². The molecule has 3 atom stereocenters. The molecule has 1 saturated heterocycles. The second kappa shape index (κ2) is 7.33. The summed E-state index contributed by atoms with van der Waals surface area (Å²) in [6.45, 7) is 2.74. The zero-order valence-electron chi connectivity index (χ0n) is 15.8. The van der Waals surface area contributed by atoms with Crippen LogP contribution in [0.5, 0.6) is 0 Å². The quantitative estimate of drug-likeness (QED) is 0.889. The predicted octanol–water partition coefficient (Wildman–Crippen LogP) is 2.33. The summed E-state index contributed by atoms with van der Waals surface area (Å²) in [4.78, 5) is 42.0. The summed E-state index contributed by atoms with van der Waals surface area (Å²) in [7, 11) is 0. The lowest BCUT2D eigenvalue weighted by molar-refractivity contribution is -0.126. The Bertz CT molecular complexity index is 763. The Balaban J connectivity index is 1.58. The molecule has 0 unspecified atom stereocenters. The average Bonchev–Trinajstić information content (AvgIpc) is 3.14. The first kappa shape index (κ1) is 18.0. The summed E-state index contributed by atoms with van der Waals surface area (Å²) >= 11 is 0. The van der Waals surface area contributed by atoms with Gasteiger partial charge in [0.1, 0.15) is 12.6 Å². The van der Waals surface area contributed by atoms with Gasteiger partial charge in [0, 0.05) is 12.6 Å². The lowest BCUT2D eigenvalue weighted by atomic mass is 9.86. The first-order valence-corrected chi connectivity index (χ1v) is 10.1. The Hall–Kier alpha value is -2.37. The van der Waals surface area contributed by atoms with Gasteiger partial charge in [-0.05, 0) is 43.7 Å². The number of fused-ring (bicyclic) bond motifs is 2. The molecular formula is C21H27N3O3. The fourth-order valence-electron chi connectivity index (χ4n) is 4.70. The largest absolute Gasteiger partial charge is 0.352 e. The number of hydrogen-bond acceptors (Lipinski definition) is 3. The van der Waals surface area contributed by atoms with Gasteiger partial charge in [0.05, 0.1) is 11.3 Å². The van der Waals surface area contributed by atoms with Crippen molar-refractivity contribution in [3.63, 3.8) is 0 Å². The maximum Gasteiger partial charge on any atom is 0.256 e. The molecule has 1 aromatic carbocycles. The van der Waals surface area contributed by atoms with Crippen molar-refractivity contribution in [2.75, 3.05) is 18.0 Å². The third kappa shape index (κ3) is 3.33. The van der Waals surface area contributed by atoms with E-state index < -0.39 is 6.04 Å². The molecule has 0 radical (unpaired) electrons. The van der Waals surface area contributed by atoms with Gasteiger partial charge in [-0.3, -0.25) is 14.4 Å². The molecule has 2 heterocycles. The van der Waals surface area contributed by atoms with Crippen molar-refractivity contribution in [1.29, 1.82) is 0 Å². The summed E-state index contributed by atoms with van der Waals surface area (Å²) in [5.41, 5.74) is 1.06. The Labute approximate surface area is 159 Å². The number of para-hydroxylation sites is 1. The molecule has 0 bridgehead atoms. The van der Waals surface area contributed by atoms with Gasteiger partial charge in [-0.15, -0.1) is 0 Å². The van der Waals surface area contributed by atoms with Crippen LogP contribution in [0.25, 0.3) is 0 Å². The molecule has 1 aromatic rings. The number of nitrogens with zero attached hydrogens (tertiary/aromatic N) is 2. The normalized spacial score (nSPS) is 27.8. The number of nitrogens with one attached hydrogen (secondary N) is 1. The lowest BCUT2D eigenvalue weighted by Crippen LogP contribution is -2.50. The van der Waals surface area contributed by atoms with Crippen molar-refractivity contribution in [3.8, 4) is 0 Å². The molecule has 2 fully saturated rings. The fourth-order valence-corrected chi connectivity index (χ4v) is 4.70. The van der Waals surface area contributed by atoms with Crippen LogP contribution in [0, 0.1) is 5.92 Å². The van der Waals surface area contributed by atoms with Gasteiger partial charge in [0.25, 0.3) is 5.91 Å². The van der Waals surface area contributed by atoms with Gasteiger partial charge in [-0.1, -0.05) is 31.9 Å². The van der Waals surface area contributed by atoms with Crippen LogP contribution in [0.3, 0.4) is 0 Å². The second-order valence-electron chi connectivity index (χ2n) is 8.03. The van der Waals surface area contributed by atoms with Gasteiger partial charge in [0.15, 0.2) is 0 Å². The lowest BCUT2D eigenvalue weighted by Gasteiger charge is -2.31. The summed E-state index contributed by atoms with van der Waals surface area (Å²) in [5.74, 6) is 0.0698. The van der Waals surface area contributed by atoms with Gasteiger partial charge in [-0.2, -0.15) is 0 Å². The zero-order valence-corrected chi connectivity index (χ0v) is 15.8. The van der Waals surface area contributed by atoms with Gasteiger partial charge < -0.3 is 15.1 Å². The molecule has 6 nitrogen and oxygen atoms in total. The van der Waals surface area contributed by atoms with Crippen molar-refractivity contribution in [1.82, 2.24) is 10.2 Å². The summed E-state index contributed by atoms with van der Waals surface area (Å²) in [6.07, 6.45) is 5.95. The smallest absolute Gasteiger partial charge is 0.256 e. The fraction of sp³-hybridized carbons (Fsp3) is 0.571. The predicted molar refractivity (Wildman–Crippen MR) is 102 cm³/mol. The number of anilines is 1. The topological polar surface area (TPSA) is 69.7 Å². The van der Waals surface area contributed by atoms with Gasteiger partial charge in [0.2, 0.25) is 11.8 Å². The van der Waals surface area contributed by atoms with Crippen LogP contribution in [-0.2, 0) is 9.59 Å². The number of carbonyl (C=O) groups is 3. The summed E-state index contributed by atoms with van der Waals surface area (Å²) < 4.78 is 0. The van der Waals surface area contributed by atoms with E-state index in [1.54, 1.807) is 23.1 Å². The molecule has 144 valence electrons. The Morgan fingerprint density at radius 2 is 1.89 bits per heavy atom. The number of amides is 3. The van der Waals surface area contributed by atoms with Crippen LogP contribution in [0.2, 0.25) is 0 Å². The molecular weight excluding hydrogens is 342 g/mol. The first-order valence-electron chi connectivity index (χ1n) is 10.1. The molecule has 1 aliphatic carbocycles. The van der Waals surface area contributed by atoms with Crippen LogP contribution >= 0.6 is 0 Å². The third-order valence-corrected chi connectivity index (χ3v) is 6.25. The van der Waals surface area contributed by atoms with E-state index in [9.17, 15) is 14.4 Å². The maximum absolute atomic E-state index is 13.2. The zero-order chi connectivity index (χ0) is 19.0. The first-order chi connectivity index (χ1) is 13.1. The van der Waals surface area contributed by atoms with E-state index in [2.05, 4.69) is 12.2 Å². The minimum Gasteiger partial charge on any atom is -0.352 e. The molecule has 4 rings (SSSR count). The van der Waals surface area contributed by atoms with E-state index >= 15 is 0 Å². The molecule has 6 heteroatoms. The number of rotatable bonds is 3. The molecule has 2 aliphatic heterocycles. The Morgan fingerprint density at radius 1 is 1.11 bits per heavy atom. The van der Waals surface area contributed by atoms with E-state index in [-0.39, 0.29) is 30.3 Å². The summed E-state index contributed by atoms with van der Waals surface area (Å²) in [5, 5.41) is 3.13. The van der Waals surface area contributed by atoms with E-state index in [0.717, 1.165) is 25.7 Å². The highest BCUT2D eigenvalue weighted by Crippen LogP contribution is 2.32. The van der Waals surface area contributed by atoms with Crippen molar-refractivity contribution in [3.05, 3.63) is 29.8 Å². The molecule has 3 amide bonds. The van der Waals surface area contributed by atoms with Crippen molar-refractivity contribution in [2.24, 2.45) is 5.92 Å². The van der Waals surface area contributed by atoms with E-state index in [0.29, 0.717) is 30.1 Å². The molecule has 1 N–H and O–H groups in total. The van der Waals surface area contributed by atoms with Crippen LogP contribution in [0.1, 0.15) is 55.8 Å². The Morgan fingerprint density at radius 3 is 2.70 bits per heavy atom. The second-order valence-corrected chi connectivity index (χ2v) is 8.03. The number of benzene rings is 1. The molecule has 0 spiro atoms. The third-order valence-electron chi connectivity index (χ3n) is 6.25. The number of hydrogen-bond donors (Lipinski definition) is 1. The average molecular weight is 369 g/mol. The maximum atomic E-state index is 13.2. The standard InChI is InChI=1S/C21H27N3O3/c1-14-7-2-4-9-16(14)22-19(25)13-24-17-10-5-3-8-15(17)20(26)23-12-6-11-18(23)21(24)27/h3,5,8,10,14,16,18H,2,4,6-7,9,11-13H2,1H3,(H,22,25)/t14-,16+,18+/m0/s1. The highest BCUT2D eigenvalue weighted by atomic mass is 16.2. The number of carbonyl (C=O) groups excluding carboxylic acids is 3. The van der Waals surface area contributed by atoms with Crippen molar-refractivity contribution >= 4 is 23.4 Å². The summed E-state index contributed by atoms with van der Waals surface area (Å²) in [6, 6.07) is 6.85. The SMILES string of the molecule is C[C@H]1CCCC[C@H]1NC(=O)CN1C(=O)[C@H]2CCCN2C(=O)c2ccccc21. The molecule has 1 saturated carbocycles. The molecule has 3 aliphatic rings. The van der Waals surface area contributed by atoms with Crippen LogP contribution in [-0.4, -0.2) is 47.8 Å². The van der Waals surface area contributed by atoms with E-state index in [1.165, 1.54) is 11.3 Å². The van der Waals surface area contributed by atoms with Crippen LogP contribution in [0.4, 0.5) is 5.69 Å². The highest BCUT2D eigenvalue weighted by molar-refractivity contribution is 6.12. The van der Waals surface area contributed by atoms with Crippen LogP contribution in [0.15, 0.2) is 24.3 Å². The minimum atomic E-state index is -0.452. The Kier molecular flexibility index (Phi) is 4.89. The molecule has 0 aromatic heterocycles. The van der Waals surface area contributed by atoms with Crippen molar-refractivity contribution in [2.45, 2.75) is 57.5 Å².